The molecule has 1 heterocycles. The van der Waals surface area contributed by atoms with Crippen LogP contribution in [-0.4, -0.2) is 4.98 Å². The van der Waals surface area contributed by atoms with Crippen molar-refractivity contribution in [2.24, 2.45) is 0 Å². The molecular weight excluding hydrogens is 249 g/mol. The minimum absolute atomic E-state index is 0.211. The number of hydrogen-bond donors (Lipinski definition) is 0. The Morgan fingerprint density at radius 3 is 2.25 bits per heavy atom. The highest BCUT2D eigenvalue weighted by atomic mass is 19.1. The maximum absolute atomic E-state index is 13.0. The number of aromatic nitrogens is 1. The lowest BCUT2D eigenvalue weighted by atomic mass is 9.96. The molecule has 0 amide bonds. The van der Waals surface area contributed by atoms with Crippen LogP contribution in [0.2, 0.25) is 0 Å². The first-order valence-corrected chi connectivity index (χ1v) is 6.51. The van der Waals surface area contributed by atoms with E-state index >= 15 is 0 Å². The van der Waals surface area contributed by atoms with Crippen molar-refractivity contribution in [2.75, 3.05) is 0 Å². The van der Waals surface area contributed by atoms with E-state index in [2.05, 4.69) is 30.1 Å². The van der Waals surface area contributed by atoms with Crippen LogP contribution in [-0.2, 0) is 0 Å². The first-order valence-electron chi connectivity index (χ1n) is 6.51. The summed E-state index contributed by atoms with van der Waals surface area (Å²) in [7, 11) is 0. The van der Waals surface area contributed by atoms with Crippen molar-refractivity contribution < 1.29 is 4.39 Å². The molecule has 98 valence electrons. The fourth-order valence-electron chi connectivity index (χ4n) is 2.33. The molecule has 3 aromatic rings. The molecule has 1 aromatic heterocycles. The third-order valence-corrected chi connectivity index (χ3v) is 3.38. The molecule has 0 aliphatic carbocycles. The third-order valence-electron chi connectivity index (χ3n) is 3.38. The average molecular weight is 263 g/mol. The van der Waals surface area contributed by atoms with Gasteiger partial charge in [0.25, 0.3) is 0 Å². The molecule has 0 aliphatic rings. The second-order valence-corrected chi connectivity index (χ2v) is 4.78. The van der Waals surface area contributed by atoms with Crippen molar-refractivity contribution in [3.8, 4) is 22.3 Å². The van der Waals surface area contributed by atoms with E-state index in [0.717, 1.165) is 16.7 Å². The Morgan fingerprint density at radius 1 is 0.850 bits per heavy atom. The van der Waals surface area contributed by atoms with Crippen molar-refractivity contribution in [2.45, 2.75) is 6.92 Å². The molecule has 0 N–H and O–H groups in total. The first-order chi connectivity index (χ1) is 9.74. The van der Waals surface area contributed by atoms with Crippen LogP contribution in [0.1, 0.15) is 5.56 Å². The van der Waals surface area contributed by atoms with E-state index in [-0.39, 0.29) is 5.82 Å². The maximum atomic E-state index is 13.0. The standard InChI is InChI=1S/C18H14FN/c1-13-11-15(14-4-7-17(19)8-5-14)6-9-18(13)16-3-2-10-20-12-16/h2-12H,1H3. The molecule has 0 atom stereocenters. The number of rotatable bonds is 2. The molecule has 0 aliphatic heterocycles. The van der Waals surface area contributed by atoms with Gasteiger partial charge in [-0.1, -0.05) is 36.4 Å². The summed E-state index contributed by atoms with van der Waals surface area (Å²) in [6.07, 6.45) is 3.63. The fraction of sp³-hybridized carbons (Fsp3) is 0.0556. The van der Waals surface area contributed by atoms with Gasteiger partial charge in [0.05, 0.1) is 0 Å². The minimum atomic E-state index is -0.211. The summed E-state index contributed by atoms with van der Waals surface area (Å²) in [4.78, 5) is 4.15. The molecule has 0 radical (unpaired) electrons. The molecule has 2 aromatic carbocycles. The van der Waals surface area contributed by atoms with Crippen LogP contribution in [0, 0.1) is 12.7 Å². The molecule has 0 unspecified atom stereocenters. The maximum Gasteiger partial charge on any atom is 0.123 e. The van der Waals surface area contributed by atoms with Crippen LogP contribution in [0.25, 0.3) is 22.3 Å². The molecule has 3 rings (SSSR count). The van der Waals surface area contributed by atoms with Gasteiger partial charge >= 0.3 is 0 Å². The van der Waals surface area contributed by atoms with Gasteiger partial charge in [-0.05, 0) is 47.4 Å². The number of pyridine rings is 1. The molecule has 1 nitrogen and oxygen atoms in total. The molecule has 0 fully saturated rings. The van der Waals surface area contributed by atoms with Crippen LogP contribution >= 0.6 is 0 Å². The summed E-state index contributed by atoms with van der Waals surface area (Å²) in [6, 6.07) is 16.8. The summed E-state index contributed by atoms with van der Waals surface area (Å²) in [6.45, 7) is 2.08. The second kappa shape index (κ2) is 5.25. The lowest BCUT2D eigenvalue weighted by Crippen LogP contribution is -1.86. The Hall–Kier alpha value is -2.48. The molecule has 0 spiro atoms. The van der Waals surface area contributed by atoms with E-state index in [0.29, 0.717) is 0 Å². The minimum Gasteiger partial charge on any atom is -0.264 e. The van der Waals surface area contributed by atoms with Crippen molar-refractivity contribution >= 4 is 0 Å². The van der Waals surface area contributed by atoms with E-state index in [1.165, 1.54) is 23.3 Å². The summed E-state index contributed by atoms with van der Waals surface area (Å²) in [5.74, 6) is -0.211. The molecule has 0 bridgehead atoms. The van der Waals surface area contributed by atoms with Crippen molar-refractivity contribution in [1.29, 1.82) is 0 Å². The van der Waals surface area contributed by atoms with Gasteiger partial charge in [0.1, 0.15) is 5.82 Å². The topological polar surface area (TPSA) is 12.9 Å². The summed E-state index contributed by atoms with van der Waals surface area (Å²) >= 11 is 0. The summed E-state index contributed by atoms with van der Waals surface area (Å²) < 4.78 is 13.0. The fourth-order valence-corrected chi connectivity index (χ4v) is 2.33. The lowest BCUT2D eigenvalue weighted by molar-refractivity contribution is 0.628. The van der Waals surface area contributed by atoms with Gasteiger partial charge in [-0.15, -0.1) is 0 Å². The predicted octanol–water partition coefficient (Wildman–Crippen LogP) is 4.86. The highest BCUT2D eigenvalue weighted by Crippen LogP contribution is 2.28. The SMILES string of the molecule is Cc1cc(-c2ccc(F)cc2)ccc1-c1cccnc1. The van der Waals surface area contributed by atoms with Crippen LogP contribution in [0.15, 0.2) is 67.0 Å². The molecule has 20 heavy (non-hydrogen) atoms. The van der Waals surface area contributed by atoms with Crippen LogP contribution in [0.4, 0.5) is 4.39 Å². The highest BCUT2D eigenvalue weighted by Gasteiger charge is 2.04. The predicted molar refractivity (Wildman–Crippen MR) is 79.8 cm³/mol. The Kier molecular flexibility index (Phi) is 3.30. The lowest BCUT2D eigenvalue weighted by Gasteiger charge is -2.09. The molecule has 0 saturated carbocycles. The Labute approximate surface area is 117 Å². The molecule has 2 heteroatoms. The summed E-state index contributed by atoms with van der Waals surface area (Å²) in [5, 5.41) is 0. The van der Waals surface area contributed by atoms with Gasteiger partial charge in [0, 0.05) is 18.0 Å². The largest absolute Gasteiger partial charge is 0.264 e. The first kappa shape index (κ1) is 12.5. The second-order valence-electron chi connectivity index (χ2n) is 4.78. The van der Waals surface area contributed by atoms with E-state index in [1.807, 2.05) is 18.3 Å². The average Bonchev–Trinajstić information content (AvgIpc) is 2.49. The van der Waals surface area contributed by atoms with Crippen molar-refractivity contribution in [3.05, 3.63) is 78.4 Å². The highest BCUT2D eigenvalue weighted by molar-refractivity contribution is 5.73. The number of hydrogen-bond acceptors (Lipinski definition) is 1. The zero-order valence-corrected chi connectivity index (χ0v) is 11.2. The number of benzene rings is 2. The van der Waals surface area contributed by atoms with Crippen LogP contribution in [0.3, 0.4) is 0 Å². The Morgan fingerprint density at radius 2 is 1.60 bits per heavy atom. The van der Waals surface area contributed by atoms with Gasteiger partial charge in [0.2, 0.25) is 0 Å². The van der Waals surface area contributed by atoms with Gasteiger partial charge in [-0.3, -0.25) is 4.98 Å². The number of halogens is 1. The number of aryl methyl sites for hydroxylation is 1. The molecule has 0 saturated heterocycles. The zero-order chi connectivity index (χ0) is 13.9. The van der Waals surface area contributed by atoms with Gasteiger partial charge in [-0.25, -0.2) is 4.39 Å². The summed E-state index contributed by atoms with van der Waals surface area (Å²) in [5.41, 5.74) is 5.57. The van der Waals surface area contributed by atoms with Gasteiger partial charge in [-0.2, -0.15) is 0 Å². The Balaban J connectivity index is 2.01. The van der Waals surface area contributed by atoms with Crippen molar-refractivity contribution in [3.63, 3.8) is 0 Å². The van der Waals surface area contributed by atoms with E-state index in [9.17, 15) is 4.39 Å². The van der Waals surface area contributed by atoms with E-state index < -0.39 is 0 Å². The third kappa shape index (κ3) is 2.45. The number of nitrogens with zero attached hydrogens (tertiary/aromatic N) is 1. The monoisotopic (exact) mass is 263 g/mol. The van der Waals surface area contributed by atoms with Gasteiger partial charge < -0.3 is 0 Å². The van der Waals surface area contributed by atoms with Crippen LogP contribution < -0.4 is 0 Å². The van der Waals surface area contributed by atoms with Crippen LogP contribution in [0.5, 0.6) is 0 Å². The molecular formula is C18H14FN. The van der Waals surface area contributed by atoms with E-state index in [1.54, 1.807) is 18.3 Å². The van der Waals surface area contributed by atoms with Crippen molar-refractivity contribution in [1.82, 2.24) is 4.98 Å². The Bertz CT molecular complexity index is 718. The van der Waals surface area contributed by atoms with Gasteiger partial charge in [0.15, 0.2) is 0 Å². The smallest absolute Gasteiger partial charge is 0.123 e. The quantitative estimate of drug-likeness (QED) is 0.643. The normalized spacial score (nSPS) is 10.5. The zero-order valence-electron chi connectivity index (χ0n) is 11.2. The van der Waals surface area contributed by atoms with E-state index in [4.69, 9.17) is 0 Å².